The first-order valence-electron chi connectivity index (χ1n) is 6.38. The fraction of sp³-hybridized carbons (Fsp3) is 0.267. The van der Waals surface area contributed by atoms with Gasteiger partial charge in [0.25, 0.3) is 5.91 Å². The molecule has 0 saturated carbocycles. The van der Waals surface area contributed by atoms with E-state index in [4.69, 9.17) is 9.57 Å². The molecule has 1 unspecified atom stereocenters. The van der Waals surface area contributed by atoms with Crippen LogP contribution >= 0.6 is 0 Å². The van der Waals surface area contributed by atoms with Gasteiger partial charge in [0.1, 0.15) is 0 Å². The molecule has 6 nitrogen and oxygen atoms in total. The molecule has 0 aliphatic rings. The van der Waals surface area contributed by atoms with Crippen molar-refractivity contribution in [2.24, 2.45) is 0 Å². The van der Waals surface area contributed by atoms with Crippen molar-refractivity contribution in [3.63, 3.8) is 0 Å². The average Bonchev–Trinajstić information content (AvgIpc) is 2.56. The molecule has 1 heterocycles. The molecular formula is C15H17N3O3. The smallest absolute Gasteiger partial charge is 0.279 e. The summed E-state index contributed by atoms with van der Waals surface area (Å²) in [6.07, 6.45) is 4.24. The number of amides is 1. The van der Waals surface area contributed by atoms with E-state index in [-0.39, 0.29) is 5.91 Å². The largest absolute Gasteiger partial charge is 0.367 e. The lowest BCUT2D eigenvalue weighted by atomic mass is 10.0. The highest BCUT2D eigenvalue weighted by atomic mass is 16.7. The highest BCUT2D eigenvalue weighted by Crippen LogP contribution is 2.23. The van der Waals surface area contributed by atoms with E-state index in [1.165, 1.54) is 14.2 Å². The van der Waals surface area contributed by atoms with Crippen LogP contribution in [0.5, 0.6) is 0 Å². The monoisotopic (exact) mass is 287 g/mol. The van der Waals surface area contributed by atoms with Crippen LogP contribution in [0.2, 0.25) is 0 Å². The van der Waals surface area contributed by atoms with Crippen molar-refractivity contribution < 1.29 is 14.4 Å². The summed E-state index contributed by atoms with van der Waals surface area (Å²) in [5.41, 5.74) is 2.45. The van der Waals surface area contributed by atoms with Gasteiger partial charge in [0.05, 0.1) is 19.0 Å². The van der Waals surface area contributed by atoms with Crippen molar-refractivity contribution in [2.75, 3.05) is 21.3 Å². The predicted octanol–water partition coefficient (Wildman–Crippen LogP) is 1.85. The first-order chi connectivity index (χ1) is 10.2. The number of hydrogen-bond donors (Lipinski definition) is 0. The molecule has 1 amide bonds. The molecule has 0 saturated heterocycles. The SMILES string of the molecule is COC(C(=O)N(C)OC)c1ccc(-c2cnccn2)cc1. The van der Waals surface area contributed by atoms with Crippen LogP contribution in [0.25, 0.3) is 11.3 Å². The number of aromatic nitrogens is 2. The molecule has 0 aliphatic carbocycles. The number of likely N-dealkylation sites (N-methyl/N-ethyl adjacent to an activating group) is 1. The number of rotatable bonds is 5. The molecule has 2 rings (SSSR count). The highest BCUT2D eigenvalue weighted by Gasteiger charge is 2.23. The zero-order chi connectivity index (χ0) is 15.2. The number of hydroxylamine groups is 2. The van der Waals surface area contributed by atoms with Gasteiger partial charge >= 0.3 is 0 Å². The van der Waals surface area contributed by atoms with E-state index in [1.807, 2.05) is 24.3 Å². The summed E-state index contributed by atoms with van der Waals surface area (Å²) >= 11 is 0. The van der Waals surface area contributed by atoms with E-state index in [0.29, 0.717) is 0 Å². The van der Waals surface area contributed by atoms with E-state index in [2.05, 4.69) is 9.97 Å². The van der Waals surface area contributed by atoms with Crippen LogP contribution in [-0.4, -0.2) is 42.2 Å². The Labute approximate surface area is 123 Å². The Morgan fingerprint density at radius 3 is 2.43 bits per heavy atom. The molecule has 0 radical (unpaired) electrons. The molecule has 6 heteroatoms. The summed E-state index contributed by atoms with van der Waals surface area (Å²) in [5.74, 6) is -0.271. The van der Waals surface area contributed by atoms with Gasteiger partial charge in [-0.25, -0.2) is 5.06 Å². The number of benzene rings is 1. The molecule has 0 spiro atoms. The number of ether oxygens (including phenoxy) is 1. The molecule has 0 aliphatic heterocycles. The van der Waals surface area contributed by atoms with Crippen LogP contribution in [0, 0.1) is 0 Å². The zero-order valence-electron chi connectivity index (χ0n) is 12.2. The van der Waals surface area contributed by atoms with Crippen LogP contribution < -0.4 is 0 Å². The third-order valence-corrected chi connectivity index (χ3v) is 3.12. The Hall–Kier alpha value is -2.31. The average molecular weight is 287 g/mol. The first-order valence-corrected chi connectivity index (χ1v) is 6.38. The van der Waals surface area contributed by atoms with Crippen molar-refractivity contribution >= 4 is 5.91 Å². The predicted molar refractivity (Wildman–Crippen MR) is 77.0 cm³/mol. The summed E-state index contributed by atoms with van der Waals surface area (Å²) < 4.78 is 5.27. The Bertz CT molecular complexity index is 587. The van der Waals surface area contributed by atoms with E-state index in [0.717, 1.165) is 21.9 Å². The topological polar surface area (TPSA) is 64.5 Å². The van der Waals surface area contributed by atoms with Gasteiger partial charge in [0, 0.05) is 32.1 Å². The molecule has 21 heavy (non-hydrogen) atoms. The molecule has 1 aromatic carbocycles. The van der Waals surface area contributed by atoms with Gasteiger partial charge in [-0.3, -0.25) is 19.6 Å². The zero-order valence-corrected chi connectivity index (χ0v) is 12.2. The molecule has 0 fully saturated rings. The minimum absolute atomic E-state index is 0.271. The number of carbonyl (C=O) groups excluding carboxylic acids is 1. The second-order valence-corrected chi connectivity index (χ2v) is 4.35. The van der Waals surface area contributed by atoms with Crippen molar-refractivity contribution in [3.05, 3.63) is 48.4 Å². The maximum Gasteiger partial charge on any atom is 0.279 e. The standard InChI is InChI=1S/C15H17N3O3/c1-18(21-3)15(19)14(20-2)12-6-4-11(5-7-12)13-10-16-8-9-17-13/h4-10,14H,1-3H3. The maximum atomic E-state index is 12.1. The molecular weight excluding hydrogens is 270 g/mol. The van der Waals surface area contributed by atoms with Gasteiger partial charge in [-0.2, -0.15) is 0 Å². The third kappa shape index (κ3) is 3.42. The lowest BCUT2D eigenvalue weighted by molar-refractivity contribution is -0.179. The van der Waals surface area contributed by atoms with Gasteiger partial charge in [-0.1, -0.05) is 24.3 Å². The lowest BCUT2D eigenvalue weighted by Gasteiger charge is -2.21. The number of methoxy groups -OCH3 is 1. The van der Waals surface area contributed by atoms with E-state index in [9.17, 15) is 4.79 Å². The Balaban J connectivity index is 2.23. The summed E-state index contributed by atoms with van der Waals surface area (Å²) in [4.78, 5) is 25.3. The number of carbonyl (C=O) groups is 1. The molecule has 0 N–H and O–H groups in total. The number of hydrogen-bond acceptors (Lipinski definition) is 5. The van der Waals surface area contributed by atoms with Crippen LogP contribution in [0.3, 0.4) is 0 Å². The minimum Gasteiger partial charge on any atom is -0.367 e. The van der Waals surface area contributed by atoms with Crippen LogP contribution in [0.15, 0.2) is 42.9 Å². The molecule has 1 atom stereocenters. The second-order valence-electron chi connectivity index (χ2n) is 4.35. The molecule has 0 bridgehead atoms. The lowest BCUT2D eigenvalue weighted by Crippen LogP contribution is -2.31. The quantitative estimate of drug-likeness (QED) is 0.785. The Morgan fingerprint density at radius 1 is 1.19 bits per heavy atom. The van der Waals surface area contributed by atoms with Gasteiger partial charge in [-0.05, 0) is 5.56 Å². The summed E-state index contributed by atoms with van der Waals surface area (Å²) in [6, 6.07) is 7.43. The third-order valence-electron chi connectivity index (χ3n) is 3.12. The normalized spacial score (nSPS) is 12.0. The summed E-state index contributed by atoms with van der Waals surface area (Å²) in [7, 11) is 4.47. The molecule has 1 aromatic heterocycles. The van der Waals surface area contributed by atoms with Gasteiger partial charge in [-0.15, -0.1) is 0 Å². The van der Waals surface area contributed by atoms with E-state index in [1.54, 1.807) is 25.6 Å². The molecule has 2 aromatic rings. The maximum absolute atomic E-state index is 12.1. The van der Waals surface area contributed by atoms with Crippen LogP contribution in [0.4, 0.5) is 0 Å². The number of nitrogens with zero attached hydrogens (tertiary/aromatic N) is 3. The fourth-order valence-corrected chi connectivity index (χ4v) is 1.91. The fourth-order valence-electron chi connectivity index (χ4n) is 1.91. The molecule has 110 valence electrons. The highest BCUT2D eigenvalue weighted by molar-refractivity contribution is 5.81. The minimum atomic E-state index is -0.703. The Kier molecular flexibility index (Phi) is 4.97. The Morgan fingerprint density at radius 2 is 1.90 bits per heavy atom. The summed E-state index contributed by atoms with van der Waals surface area (Å²) in [6.45, 7) is 0. The van der Waals surface area contributed by atoms with Crippen molar-refractivity contribution in [3.8, 4) is 11.3 Å². The first kappa shape index (κ1) is 15.1. The van der Waals surface area contributed by atoms with Gasteiger partial charge in [0.15, 0.2) is 6.10 Å². The van der Waals surface area contributed by atoms with Crippen LogP contribution in [0.1, 0.15) is 11.7 Å². The van der Waals surface area contributed by atoms with Crippen molar-refractivity contribution in [1.82, 2.24) is 15.0 Å². The van der Waals surface area contributed by atoms with Crippen LogP contribution in [-0.2, 0) is 14.4 Å². The van der Waals surface area contributed by atoms with Gasteiger partial charge < -0.3 is 4.74 Å². The van der Waals surface area contributed by atoms with E-state index < -0.39 is 6.10 Å². The van der Waals surface area contributed by atoms with Gasteiger partial charge in [0.2, 0.25) is 0 Å². The second kappa shape index (κ2) is 6.92. The van der Waals surface area contributed by atoms with Crippen molar-refractivity contribution in [2.45, 2.75) is 6.10 Å². The van der Waals surface area contributed by atoms with Crippen molar-refractivity contribution in [1.29, 1.82) is 0 Å². The van der Waals surface area contributed by atoms with E-state index >= 15 is 0 Å². The summed E-state index contributed by atoms with van der Waals surface area (Å²) in [5, 5.41) is 1.14.